The van der Waals surface area contributed by atoms with Crippen molar-refractivity contribution in [1.29, 1.82) is 0 Å². The third kappa shape index (κ3) is 3.14. The molecule has 4 rings (SSSR count). The standard InChI is InChI=1S/C19H24N4O2/c1-19(2)7-12-6-14(4-5-17(12)25-19)22-18(24)16-10-20-9-15(16)13-8-21-23(3)11-13/h4-6,8,11,15-16,20H,7,9-10H2,1-3H3,(H,22,24)/t15-,16+/m1/s1. The number of hydrogen-bond acceptors (Lipinski definition) is 4. The third-order valence-electron chi connectivity index (χ3n) is 5.03. The van der Waals surface area contributed by atoms with Gasteiger partial charge in [0.15, 0.2) is 0 Å². The molecule has 0 saturated carbocycles. The second kappa shape index (κ2) is 5.88. The number of carbonyl (C=O) groups excluding carboxylic acids is 1. The Kier molecular flexibility index (Phi) is 3.80. The zero-order valence-corrected chi connectivity index (χ0v) is 14.9. The average Bonchev–Trinajstić information content (AvgIpc) is 3.23. The molecule has 0 bridgehead atoms. The Morgan fingerprint density at radius 3 is 3.00 bits per heavy atom. The first-order valence-electron chi connectivity index (χ1n) is 8.73. The van der Waals surface area contributed by atoms with Crippen molar-refractivity contribution >= 4 is 11.6 Å². The van der Waals surface area contributed by atoms with Crippen molar-refractivity contribution in [1.82, 2.24) is 15.1 Å². The number of rotatable bonds is 3. The molecule has 0 spiro atoms. The molecule has 1 fully saturated rings. The minimum absolute atomic E-state index is 0.0528. The van der Waals surface area contributed by atoms with E-state index in [-0.39, 0.29) is 23.3 Å². The molecule has 3 heterocycles. The second-order valence-corrected chi connectivity index (χ2v) is 7.67. The number of anilines is 1. The summed E-state index contributed by atoms with van der Waals surface area (Å²) >= 11 is 0. The molecule has 2 N–H and O–H groups in total. The van der Waals surface area contributed by atoms with E-state index in [1.807, 2.05) is 37.6 Å². The summed E-state index contributed by atoms with van der Waals surface area (Å²) < 4.78 is 7.68. The molecule has 1 aromatic heterocycles. The molecule has 2 aliphatic heterocycles. The maximum Gasteiger partial charge on any atom is 0.229 e. The van der Waals surface area contributed by atoms with Gasteiger partial charge in [-0.15, -0.1) is 0 Å². The number of amides is 1. The van der Waals surface area contributed by atoms with Crippen LogP contribution in [0, 0.1) is 5.92 Å². The number of aryl methyl sites for hydroxylation is 1. The summed E-state index contributed by atoms with van der Waals surface area (Å²) in [7, 11) is 1.90. The van der Waals surface area contributed by atoms with Gasteiger partial charge in [0.25, 0.3) is 0 Å². The van der Waals surface area contributed by atoms with Crippen LogP contribution in [0.3, 0.4) is 0 Å². The van der Waals surface area contributed by atoms with Gasteiger partial charge in [0.2, 0.25) is 5.91 Å². The van der Waals surface area contributed by atoms with Crippen molar-refractivity contribution in [3.05, 3.63) is 41.7 Å². The minimum atomic E-state index is -0.175. The van der Waals surface area contributed by atoms with E-state index in [1.54, 1.807) is 4.68 Å². The summed E-state index contributed by atoms with van der Waals surface area (Å²) in [5.74, 6) is 1.03. The van der Waals surface area contributed by atoms with Crippen LogP contribution in [0.15, 0.2) is 30.6 Å². The predicted molar refractivity (Wildman–Crippen MR) is 95.8 cm³/mol. The molecular weight excluding hydrogens is 316 g/mol. The van der Waals surface area contributed by atoms with E-state index in [9.17, 15) is 4.79 Å². The Bertz CT molecular complexity index is 812. The highest BCUT2D eigenvalue weighted by Gasteiger charge is 2.35. The Labute approximate surface area is 147 Å². The Morgan fingerprint density at radius 1 is 1.40 bits per heavy atom. The van der Waals surface area contributed by atoms with Crippen molar-refractivity contribution in [2.24, 2.45) is 13.0 Å². The van der Waals surface area contributed by atoms with Crippen molar-refractivity contribution in [2.45, 2.75) is 31.8 Å². The minimum Gasteiger partial charge on any atom is -0.487 e. The number of nitrogens with zero attached hydrogens (tertiary/aromatic N) is 2. The molecule has 6 nitrogen and oxygen atoms in total. The maximum absolute atomic E-state index is 12.8. The molecule has 2 aromatic rings. The summed E-state index contributed by atoms with van der Waals surface area (Å²) in [6.07, 6.45) is 4.70. The van der Waals surface area contributed by atoms with E-state index in [1.165, 1.54) is 0 Å². The molecule has 25 heavy (non-hydrogen) atoms. The number of hydrogen-bond donors (Lipinski definition) is 2. The first-order valence-corrected chi connectivity index (χ1v) is 8.73. The molecule has 1 saturated heterocycles. The van der Waals surface area contributed by atoms with Crippen LogP contribution in [-0.2, 0) is 18.3 Å². The Hall–Kier alpha value is -2.34. The van der Waals surface area contributed by atoms with Gasteiger partial charge in [-0.3, -0.25) is 9.48 Å². The summed E-state index contributed by atoms with van der Waals surface area (Å²) in [6, 6.07) is 5.90. The van der Waals surface area contributed by atoms with E-state index >= 15 is 0 Å². The maximum atomic E-state index is 12.8. The quantitative estimate of drug-likeness (QED) is 0.898. The van der Waals surface area contributed by atoms with Crippen molar-refractivity contribution in [2.75, 3.05) is 18.4 Å². The van der Waals surface area contributed by atoms with Gasteiger partial charge in [-0.1, -0.05) is 0 Å². The lowest BCUT2D eigenvalue weighted by Gasteiger charge is -2.17. The zero-order chi connectivity index (χ0) is 17.6. The molecule has 2 aliphatic rings. The number of fused-ring (bicyclic) bond motifs is 1. The molecule has 2 atom stereocenters. The normalized spacial score (nSPS) is 24.0. The van der Waals surface area contributed by atoms with Crippen LogP contribution < -0.4 is 15.4 Å². The average molecular weight is 340 g/mol. The fourth-order valence-electron chi connectivity index (χ4n) is 3.86. The van der Waals surface area contributed by atoms with E-state index < -0.39 is 0 Å². The van der Waals surface area contributed by atoms with Crippen LogP contribution in [0.25, 0.3) is 0 Å². The fraction of sp³-hybridized carbons (Fsp3) is 0.474. The fourth-order valence-corrected chi connectivity index (χ4v) is 3.86. The molecule has 1 aromatic carbocycles. The topological polar surface area (TPSA) is 68.2 Å². The first-order chi connectivity index (χ1) is 11.9. The number of benzene rings is 1. The van der Waals surface area contributed by atoms with Crippen LogP contribution >= 0.6 is 0 Å². The van der Waals surface area contributed by atoms with E-state index in [2.05, 4.69) is 29.6 Å². The van der Waals surface area contributed by atoms with Crippen LogP contribution in [-0.4, -0.2) is 34.4 Å². The van der Waals surface area contributed by atoms with Gasteiger partial charge in [-0.25, -0.2) is 0 Å². The van der Waals surface area contributed by atoms with E-state index in [0.29, 0.717) is 6.54 Å². The van der Waals surface area contributed by atoms with Gasteiger partial charge < -0.3 is 15.4 Å². The van der Waals surface area contributed by atoms with Gasteiger partial charge in [0.1, 0.15) is 11.4 Å². The summed E-state index contributed by atoms with van der Waals surface area (Å²) in [4.78, 5) is 12.8. The SMILES string of the molecule is Cn1cc([C@H]2CNC[C@@H]2C(=O)Nc2ccc3c(c2)CC(C)(C)O3)cn1. The molecule has 132 valence electrons. The van der Waals surface area contributed by atoms with Crippen LogP contribution in [0.1, 0.15) is 30.9 Å². The summed E-state index contributed by atoms with van der Waals surface area (Å²) in [5.41, 5.74) is 2.92. The second-order valence-electron chi connectivity index (χ2n) is 7.67. The lowest BCUT2D eigenvalue weighted by Crippen LogP contribution is -2.28. The number of carbonyl (C=O) groups is 1. The van der Waals surface area contributed by atoms with Crippen LogP contribution in [0.4, 0.5) is 5.69 Å². The Morgan fingerprint density at radius 2 is 2.24 bits per heavy atom. The predicted octanol–water partition coefficient (Wildman–Crippen LogP) is 2.08. The lowest BCUT2D eigenvalue weighted by atomic mass is 9.90. The molecular formula is C19H24N4O2. The van der Waals surface area contributed by atoms with Crippen molar-refractivity contribution < 1.29 is 9.53 Å². The number of aromatic nitrogens is 2. The highest BCUT2D eigenvalue weighted by atomic mass is 16.5. The summed E-state index contributed by atoms with van der Waals surface area (Å²) in [5, 5.41) is 10.7. The lowest BCUT2D eigenvalue weighted by molar-refractivity contribution is -0.119. The monoisotopic (exact) mass is 340 g/mol. The molecule has 1 amide bonds. The molecule has 0 radical (unpaired) electrons. The largest absolute Gasteiger partial charge is 0.487 e. The van der Waals surface area contributed by atoms with E-state index in [0.717, 1.165) is 35.5 Å². The number of ether oxygens (including phenoxy) is 1. The zero-order valence-electron chi connectivity index (χ0n) is 14.9. The van der Waals surface area contributed by atoms with Crippen LogP contribution in [0.5, 0.6) is 5.75 Å². The third-order valence-corrected chi connectivity index (χ3v) is 5.03. The smallest absolute Gasteiger partial charge is 0.229 e. The number of nitrogens with one attached hydrogen (secondary N) is 2. The molecule has 6 heteroatoms. The van der Waals surface area contributed by atoms with Gasteiger partial charge in [0, 0.05) is 49.9 Å². The van der Waals surface area contributed by atoms with Crippen LogP contribution in [0.2, 0.25) is 0 Å². The van der Waals surface area contributed by atoms with Crippen molar-refractivity contribution in [3.63, 3.8) is 0 Å². The van der Waals surface area contributed by atoms with E-state index in [4.69, 9.17) is 4.74 Å². The molecule has 0 unspecified atom stereocenters. The highest BCUT2D eigenvalue weighted by molar-refractivity contribution is 5.93. The highest BCUT2D eigenvalue weighted by Crippen LogP contribution is 2.36. The van der Waals surface area contributed by atoms with Crippen molar-refractivity contribution in [3.8, 4) is 5.75 Å². The first kappa shape index (κ1) is 16.1. The van der Waals surface area contributed by atoms with Gasteiger partial charge in [-0.05, 0) is 37.6 Å². The Balaban J connectivity index is 1.49. The summed E-state index contributed by atoms with van der Waals surface area (Å²) in [6.45, 7) is 5.64. The van der Waals surface area contributed by atoms with Gasteiger partial charge in [0.05, 0.1) is 12.1 Å². The molecule has 0 aliphatic carbocycles. The van der Waals surface area contributed by atoms with Gasteiger partial charge in [-0.2, -0.15) is 5.10 Å². The van der Waals surface area contributed by atoms with Gasteiger partial charge >= 0.3 is 0 Å².